The van der Waals surface area contributed by atoms with Crippen molar-refractivity contribution in [3.8, 4) is 0 Å². The third kappa shape index (κ3) is 4.52. The summed E-state index contributed by atoms with van der Waals surface area (Å²) in [6.45, 7) is 7.39. The van der Waals surface area contributed by atoms with E-state index in [0.29, 0.717) is 13.2 Å². The Morgan fingerprint density at radius 3 is 2.58 bits per heavy atom. The Kier molecular flexibility index (Phi) is 6.45. The fourth-order valence-corrected chi connectivity index (χ4v) is 3.69. The highest BCUT2D eigenvalue weighted by Gasteiger charge is 2.38. The first-order valence-electron chi connectivity index (χ1n) is 9.45. The van der Waals surface area contributed by atoms with Gasteiger partial charge < -0.3 is 10.2 Å². The van der Waals surface area contributed by atoms with Gasteiger partial charge in [0, 0.05) is 39.1 Å². The van der Waals surface area contributed by atoms with Gasteiger partial charge in [0.1, 0.15) is 11.4 Å². The summed E-state index contributed by atoms with van der Waals surface area (Å²) < 4.78 is 13.2. The maximum Gasteiger partial charge on any atom is 0.317 e. The standard InChI is InChI=1S/C19H28FN3O3/c1-2-21-18(24)23-13-11-22(12-14-23)10-3-8-19(9-15-25-26-19)16-4-6-17(20)7-5-16/h4-7H,2-3,8-15H2,1H3,(H,21,24). The van der Waals surface area contributed by atoms with Gasteiger partial charge in [-0.1, -0.05) is 12.1 Å². The van der Waals surface area contributed by atoms with E-state index in [1.54, 1.807) is 12.1 Å². The van der Waals surface area contributed by atoms with E-state index < -0.39 is 5.60 Å². The zero-order chi connectivity index (χ0) is 18.4. The molecule has 144 valence electrons. The number of carbonyl (C=O) groups is 1. The molecule has 1 aromatic carbocycles. The van der Waals surface area contributed by atoms with E-state index >= 15 is 0 Å². The van der Waals surface area contributed by atoms with Crippen molar-refractivity contribution in [1.29, 1.82) is 0 Å². The van der Waals surface area contributed by atoms with Crippen LogP contribution in [-0.2, 0) is 15.4 Å². The minimum absolute atomic E-state index is 0.0268. The lowest BCUT2D eigenvalue weighted by Gasteiger charge is -2.35. The normalized spacial score (nSPS) is 24.0. The molecule has 26 heavy (non-hydrogen) atoms. The fraction of sp³-hybridized carbons (Fsp3) is 0.632. The molecule has 0 aliphatic carbocycles. The molecule has 3 rings (SSSR count). The third-order valence-corrected chi connectivity index (χ3v) is 5.22. The zero-order valence-corrected chi connectivity index (χ0v) is 15.4. The molecule has 0 radical (unpaired) electrons. The van der Waals surface area contributed by atoms with E-state index in [1.165, 1.54) is 12.1 Å². The van der Waals surface area contributed by atoms with Gasteiger partial charge in [0.2, 0.25) is 0 Å². The van der Waals surface area contributed by atoms with Gasteiger partial charge in [0.15, 0.2) is 0 Å². The smallest absolute Gasteiger partial charge is 0.317 e. The summed E-state index contributed by atoms with van der Waals surface area (Å²) in [4.78, 5) is 26.9. The van der Waals surface area contributed by atoms with Crippen LogP contribution in [0.1, 0.15) is 31.7 Å². The van der Waals surface area contributed by atoms with Crippen LogP contribution in [0.25, 0.3) is 0 Å². The first-order valence-corrected chi connectivity index (χ1v) is 9.45. The van der Waals surface area contributed by atoms with E-state index in [2.05, 4.69) is 10.2 Å². The van der Waals surface area contributed by atoms with E-state index in [1.807, 2.05) is 11.8 Å². The number of piperazine rings is 1. The predicted octanol–water partition coefficient (Wildman–Crippen LogP) is 2.50. The summed E-state index contributed by atoms with van der Waals surface area (Å²) in [5.41, 5.74) is 0.494. The highest BCUT2D eigenvalue weighted by atomic mass is 19.1. The SMILES string of the molecule is CCNC(=O)N1CCN(CCCC2(c3ccc(F)cc3)CCOO2)CC1. The van der Waals surface area contributed by atoms with Gasteiger partial charge >= 0.3 is 6.03 Å². The molecular formula is C19H28FN3O3. The largest absolute Gasteiger partial charge is 0.338 e. The van der Waals surface area contributed by atoms with Gasteiger partial charge in [0.05, 0.1) is 6.61 Å². The maximum absolute atomic E-state index is 13.2. The summed E-state index contributed by atoms with van der Waals surface area (Å²) in [5.74, 6) is -0.243. The van der Waals surface area contributed by atoms with Crippen molar-refractivity contribution >= 4 is 6.03 Å². The van der Waals surface area contributed by atoms with Crippen molar-refractivity contribution in [3.05, 3.63) is 35.6 Å². The molecule has 7 heteroatoms. The number of urea groups is 1. The zero-order valence-electron chi connectivity index (χ0n) is 15.4. The number of amides is 2. The number of benzene rings is 1. The van der Waals surface area contributed by atoms with Crippen molar-refractivity contribution in [2.45, 2.75) is 31.8 Å². The summed E-state index contributed by atoms with van der Waals surface area (Å²) in [6, 6.07) is 6.54. The second-order valence-corrected chi connectivity index (χ2v) is 6.92. The predicted molar refractivity (Wildman–Crippen MR) is 96.1 cm³/mol. The monoisotopic (exact) mass is 365 g/mol. The molecule has 0 saturated carbocycles. The average molecular weight is 365 g/mol. The number of nitrogens with zero attached hydrogens (tertiary/aromatic N) is 2. The number of hydrogen-bond acceptors (Lipinski definition) is 4. The second kappa shape index (κ2) is 8.79. The van der Waals surface area contributed by atoms with Crippen LogP contribution in [0.2, 0.25) is 0 Å². The Balaban J connectivity index is 1.48. The van der Waals surface area contributed by atoms with Gasteiger partial charge in [-0.25, -0.2) is 19.0 Å². The van der Waals surface area contributed by atoms with Crippen molar-refractivity contribution in [2.24, 2.45) is 0 Å². The molecular weight excluding hydrogens is 337 g/mol. The van der Waals surface area contributed by atoms with Crippen LogP contribution in [0.5, 0.6) is 0 Å². The number of halogens is 1. The van der Waals surface area contributed by atoms with Crippen LogP contribution in [0.4, 0.5) is 9.18 Å². The molecule has 1 atom stereocenters. The third-order valence-electron chi connectivity index (χ3n) is 5.22. The lowest BCUT2D eigenvalue weighted by molar-refractivity contribution is -0.315. The molecule has 0 spiro atoms. The minimum atomic E-state index is -0.476. The van der Waals surface area contributed by atoms with Crippen molar-refractivity contribution in [2.75, 3.05) is 45.9 Å². The number of hydrogen-bond donors (Lipinski definition) is 1. The van der Waals surface area contributed by atoms with Gasteiger partial charge in [-0.15, -0.1) is 0 Å². The van der Waals surface area contributed by atoms with E-state index in [0.717, 1.165) is 57.5 Å². The van der Waals surface area contributed by atoms with Crippen LogP contribution in [0.3, 0.4) is 0 Å². The summed E-state index contributed by atoms with van der Waals surface area (Å²) >= 11 is 0. The molecule has 2 aliphatic rings. The van der Waals surface area contributed by atoms with Gasteiger partial charge in [-0.3, -0.25) is 4.90 Å². The number of rotatable bonds is 6. The van der Waals surface area contributed by atoms with E-state index in [-0.39, 0.29) is 11.8 Å². The number of carbonyl (C=O) groups excluding carboxylic acids is 1. The Labute approximate surface area is 154 Å². The molecule has 0 bridgehead atoms. The van der Waals surface area contributed by atoms with Crippen LogP contribution in [0.15, 0.2) is 24.3 Å². The van der Waals surface area contributed by atoms with Crippen molar-refractivity contribution in [1.82, 2.24) is 15.1 Å². The van der Waals surface area contributed by atoms with Crippen LogP contribution >= 0.6 is 0 Å². The molecule has 2 fully saturated rings. The van der Waals surface area contributed by atoms with E-state index in [4.69, 9.17) is 9.78 Å². The fourth-order valence-electron chi connectivity index (χ4n) is 3.69. The molecule has 1 unspecified atom stereocenters. The first-order chi connectivity index (χ1) is 12.6. The Hall–Kier alpha value is -1.70. The summed E-state index contributed by atoms with van der Waals surface area (Å²) in [5, 5.41) is 2.85. The highest BCUT2D eigenvalue weighted by molar-refractivity contribution is 5.74. The maximum atomic E-state index is 13.2. The summed E-state index contributed by atoms with van der Waals surface area (Å²) in [7, 11) is 0. The van der Waals surface area contributed by atoms with Crippen molar-refractivity contribution < 1.29 is 19.0 Å². The molecule has 2 amide bonds. The first kappa shape index (κ1) is 19.1. The Morgan fingerprint density at radius 1 is 1.23 bits per heavy atom. The average Bonchev–Trinajstić information content (AvgIpc) is 3.13. The van der Waals surface area contributed by atoms with Crippen LogP contribution in [0, 0.1) is 5.82 Å². The Morgan fingerprint density at radius 2 is 1.96 bits per heavy atom. The molecule has 1 aromatic rings. The van der Waals surface area contributed by atoms with Gasteiger partial charge in [0.25, 0.3) is 0 Å². The highest BCUT2D eigenvalue weighted by Crippen LogP contribution is 2.39. The Bertz CT molecular complexity index is 582. The topological polar surface area (TPSA) is 54.0 Å². The second-order valence-electron chi connectivity index (χ2n) is 6.92. The summed E-state index contributed by atoms with van der Waals surface area (Å²) in [6.07, 6.45) is 2.57. The molecule has 1 N–H and O–H groups in total. The van der Waals surface area contributed by atoms with Gasteiger partial charge in [-0.2, -0.15) is 0 Å². The molecule has 6 nitrogen and oxygen atoms in total. The molecule has 2 saturated heterocycles. The lowest BCUT2D eigenvalue weighted by Crippen LogP contribution is -2.51. The molecule has 2 aliphatic heterocycles. The minimum Gasteiger partial charge on any atom is -0.338 e. The quantitative estimate of drug-likeness (QED) is 0.787. The van der Waals surface area contributed by atoms with Crippen LogP contribution < -0.4 is 5.32 Å². The molecule has 2 heterocycles. The molecule has 0 aromatic heterocycles. The van der Waals surface area contributed by atoms with E-state index in [9.17, 15) is 9.18 Å². The lowest BCUT2D eigenvalue weighted by atomic mass is 9.86. The van der Waals surface area contributed by atoms with Crippen LogP contribution in [-0.4, -0.2) is 61.7 Å². The van der Waals surface area contributed by atoms with Gasteiger partial charge in [-0.05, 0) is 44.0 Å². The number of nitrogens with one attached hydrogen (secondary N) is 1. The van der Waals surface area contributed by atoms with Crippen molar-refractivity contribution in [3.63, 3.8) is 0 Å².